The number of anilines is 1. The highest BCUT2D eigenvalue weighted by molar-refractivity contribution is 6.13. The molecule has 0 bridgehead atoms. The van der Waals surface area contributed by atoms with Gasteiger partial charge in [-0.3, -0.25) is 4.79 Å². The highest BCUT2D eigenvalue weighted by Crippen LogP contribution is 2.26. The van der Waals surface area contributed by atoms with E-state index in [-0.39, 0.29) is 11.6 Å². The first kappa shape index (κ1) is 12.1. The summed E-state index contributed by atoms with van der Waals surface area (Å²) in [5.74, 6) is -0.270. The summed E-state index contributed by atoms with van der Waals surface area (Å²) in [6.07, 6.45) is 0. The third-order valence-corrected chi connectivity index (χ3v) is 2.61. The third kappa shape index (κ3) is 2.18. The predicted octanol–water partition coefficient (Wildman–Crippen LogP) is 2.65. The van der Waals surface area contributed by atoms with Crippen molar-refractivity contribution in [1.29, 1.82) is 0 Å². The van der Waals surface area contributed by atoms with Crippen molar-refractivity contribution in [3.8, 4) is 5.75 Å². The van der Waals surface area contributed by atoms with Crippen molar-refractivity contribution < 1.29 is 13.9 Å². The second-order valence-corrected chi connectivity index (χ2v) is 3.76. The smallest absolute Gasteiger partial charge is 0.198 e. The van der Waals surface area contributed by atoms with Gasteiger partial charge >= 0.3 is 0 Å². The van der Waals surface area contributed by atoms with Crippen LogP contribution < -0.4 is 10.5 Å². The number of methoxy groups -OCH3 is 1. The largest absolute Gasteiger partial charge is 0.496 e. The number of rotatable bonds is 3. The molecule has 0 radical (unpaired) electrons. The molecule has 0 unspecified atom stereocenters. The number of ketones is 1. The average molecular weight is 245 g/mol. The Balaban J connectivity index is 2.49. The molecule has 0 amide bonds. The Kier molecular flexibility index (Phi) is 3.28. The molecule has 0 spiro atoms. The first-order chi connectivity index (χ1) is 8.63. The topological polar surface area (TPSA) is 52.3 Å². The number of benzene rings is 2. The van der Waals surface area contributed by atoms with Crippen LogP contribution in [0.5, 0.6) is 5.75 Å². The molecule has 18 heavy (non-hydrogen) atoms. The van der Waals surface area contributed by atoms with E-state index in [1.807, 2.05) is 0 Å². The molecule has 4 heteroatoms. The van der Waals surface area contributed by atoms with Crippen molar-refractivity contribution in [2.24, 2.45) is 0 Å². The molecule has 0 aliphatic rings. The average Bonchev–Trinajstić information content (AvgIpc) is 2.38. The van der Waals surface area contributed by atoms with Gasteiger partial charge in [-0.2, -0.15) is 0 Å². The number of ether oxygens (including phenoxy) is 1. The Hall–Kier alpha value is -2.36. The lowest BCUT2D eigenvalue weighted by atomic mass is 10.0. The lowest BCUT2D eigenvalue weighted by Gasteiger charge is -2.10. The molecule has 0 atom stereocenters. The maximum absolute atomic E-state index is 12.8. The van der Waals surface area contributed by atoms with Gasteiger partial charge in [0.2, 0.25) is 0 Å². The van der Waals surface area contributed by atoms with Gasteiger partial charge in [-0.1, -0.05) is 6.07 Å². The number of carbonyl (C=O) groups is 1. The molecule has 2 rings (SSSR count). The lowest BCUT2D eigenvalue weighted by molar-refractivity contribution is 0.103. The zero-order chi connectivity index (χ0) is 13.1. The third-order valence-electron chi connectivity index (χ3n) is 2.61. The molecule has 0 aliphatic heterocycles. The van der Waals surface area contributed by atoms with E-state index < -0.39 is 0 Å². The van der Waals surface area contributed by atoms with E-state index in [9.17, 15) is 9.18 Å². The summed E-state index contributed by atoms with van der Waals surface area (Å²) in [5.41, 5.74) is 6.79. The fourth-order valence-corrected chi connectivity index (χ4v) is 1.71. The number of hydrogen-bond donors (Lipinski definition) is 1. The van der Waals surface area contributed by atoms with Crippen molar-refractivity contribution in [3.05, 3.63) is 59.4 Å². The predicted molar refractivity (Wildman–Crippen MR) is 67.2 cm³/mol. The Morgan fingerprint density at radius 2 is 1.83 bits per heavy atom. The molecule has 3 nitrogen and oxygen atoms in total. The minimum Gasteiger partial charge on any atom is -0.496 e. The van der Waals surface area contributed by atoms with Crippen molar-refractivity contribution >= 4 is 11.5 Å². The fraction of sp³-hybridized carbons (Fsp3) is 0.0714. The van der Waals surface area contributed by atoms with E-state index >= 15 is 0 Å². The molecule has 0 aliphatic carbocycles. The number of halogens is 1. The lowest BCUT2D eigenvalue weighted by Crippen LogP contribution is -2.07. The summed E-state index contributed by atoms with van der Waals surface area (Å²) < 4.78 is 17.9. The van der Waals surface area contributed by atoms with Crippen LogP contribution >= 0.6 is 0 Å². The van der Waals surface area contributed by atoms with Crippen LogP contribution in [-0.2, 0) is 0 Å². The van der Waals surface area contributed by atoms with Gasteiger partial charge in [0, 0.05) is 11.3 Å². The van der Waals surface area contributed by atoms with E-state index in [1.165, 1.54) is 31.4 Å². The maximum Gasteiger partial charge on any atom is 0.198 e. The molecule has 0 heterocycles. The van der Waals surface area contributed by atoms with Crippen LogP contribution in [0, 0.1) is 5.82 Å². The Bertz CT molecular complexity index is 579. The summed E-state index contributed by atoms with van der Waals surface area (Å²) in [6.45, 7) is 0. The standard InChI is InChI=1S/C14H12FNO2/c1-18-12-4-2-3-11(16)13(12)14(17)9-5-7-10(15)8-6-9/h2-8H,16H2,1H3. The molecule has 92 valence electrons. The van der Waals surface area contributed by atoms with Crippen molar-refractivity contribution in [2.75, 3.05) is 12.8 Å². The summed E-state index contributed by atoms with van der Waals surface area (Å²) in [6, 6.07) is 10.3. The maximum atomic E-state index is 12.8. The molecular formula is C14H12FNO2. The quantitative estimate of drug-likeness (QED) is 0.668. The molecular weight excluding hydrogens is 233 g/mol. The van der Waals surface area contributed by atoms with Crippen LogP contribution in [0.3, 0.4) is 0 Å². The van der Waals surface area contributed by atoms with Crippen molar-refractivity contribution in [2.45, 2.75) is 0 Å². The van der Waals surface area contributed by atoms with Crippen LogP contribution in [0.4, 0.5) is 10.1 Å². The first-order valence-electron chi connectivity index (χ1n) is 5.36. The number of nitrogen functional groups attached to an aromatic ring is 1. The van der Waals surface area contributed by atoms with Crippen molar-refractivity contribution in [3.63, 3.8) is 0 Å². The molecule has 0 saturated heterocycles. The van der Waals surface area contributed by atoms with Crippen LogP contribution in [0.15, 0.2) is 42.5 Å². The first-order valence-corrected chi connectivity index (χ1v) is 5.36. The van der Waals surface area contributed by atoms with Gasteiger partial charge in [0.25, 0.3) is 0 Å². The van der Waals surface area contributed by atoms with Gasteiger partial charge in [-0.15, -0.1) is 0 Å². The van der Waals surface area contributed by atoms with E-state index in [0.717, 1.165) is 0 Å². The summed E-state index contributed by atoms with van der Waals surface area (Å²) >= 11 is 0. The molecule has 0 fully saturated rings. The summed E-state index contributed by atoms with van der Waals surface area (Å²) in [7, 11) is 1.47. The highest BCUT2D eigenvalue weighted by atomic mass is 19.1. The van der Waals surface area contributed by atoms with Crippen LogP contribution in [0.2, 0.25) is 0 Å². The number of carbonyl (C=O) groups excluding carboxylic acids is 1. The van der Waals surface area contributed by atoms with Gasteiger partial charge in [-0.05, 0) is 36.4 Å². The van der Waals surface area contributed by atoms with Gasteiger partial charge in [0.15, 0.2) is 5.78 Å². The minimum absolute atomic E-state index is 0.287. The van der Waals surface area contributed by atoms with Crippen molar-refractivity contribution in [1.82, 2.24) is 0 Å². The molecule has 2 N–H and O–H groups in total. The second kappa shape index (κ2) is 4.87. The van der Waals surface area contributed by atoms with Crippen LogP contribution in [-0.4, -0.2) is 12.9 Å². The molecule has 2 aromatic rings. The SMILES string of the molecule is COc1cccc(N)c1C(=O)c1ccc(F)cc1. The Labute approximate surface area is 104 Å². The number of nitrogens with two attached hydrogens (primary N) is 1. The normalized spacial score (nSPS) is 10.1. The van der Waals surface area contributed by atoms with Gasteiger partial charge in [-0.25, -0.2) is 4.39 Å². The summed E-state index contributed by atoms with van der Waals surface area (Å²) in [5, 5.41) is 0. The molecule has 0 aromatic heterocycles. The van der Waals surface area contributed by atoms with Crippen LogP contribution in [0.1, 0.15) is 15.9 Å². The minimum atomic E-state index is -0.389. The fourth-order valence-electron chi connectivity index (χ4n) is 1.71. The Morgan fingerprint density at radius 1 is 1.17 bits per heavy atom. The molecule has 2 aromatic carbocycles. The van der Waals surface area contributed by atoms with Gasteiger partial charge in [0.05, 0.1) is 12.7 Å². The Morgan fingerprint density at radius 3 is 2.44 bits per heavy atom. The van der Waals surface area contributed by atoms with E-state index in [0.29, 0.717) is 22.6 Å². The molecule has 0 saturated carbocycles. The highest BCUT2D eigenvalue weighted by Gasteiger charge is 2.17. The zero-order valence-electron chi connectivity index (χ0n) is 9.81. The summed E-state index contributed by atoms with van der Waals surface area (Å²) in [4.78, 5) is 12.3. The van der Waals surface area contributed by atoms with E-state index in [4.69, 9.17) is 10.5 Å². The van der Waals surface area contributed by atoms with Gasteiger partial charge in [0.1, 0.15) is 11.6 Å². The van der Waals surface area contributed by atoms with E-state index in [2.05, 4.69) is 0 Å². The zero-order valence-corrected chi connectivity index (χ0v) is 9.81. The van der Waals surface area contributed by atoms with Crippen LogP contribution in [0.25, 0.3) is 0 Å². The van der Waals surface area contributed by atoms with E-state index in [1.54, 1.807) is 18.2 Å². The second-order valence-electron chi connectivity index (χ2n) is 3.76. The monoisotopic (exact) mass is 245 g/mol. The number of hydrogen-bond acceptors (Lipinski definition) is 3. The van der Waals surface area contributed by atoms with Gasteiger partial charge < -0.3 is 10.5 Å².